The van der Waals surface area contributed by atoms with Crippen molar-refractivity contribution in [2.45, 2.75) is 29.7 Å². The molecule has 21 heavy (non-hydrogen) atoms. The maximum absolute atomic E-state index is 13.3. The molecule has 2 N–H and O–H groups in total. The normalized spacial score (nSPS) is 10.9. The highest BCUT2D eigenvalue weighted by Gasteiger charge is 2.12. The second-order valence-corrected chi connectivity index (χ2v) is 5.77. The number of hydrogen-bond acceptors (Lipinski definition) is 4. The maximum atomic E-state index is 13.3. The lowest BCUT2D eigenvalue weighted by Gasteiger charge is -2.07. The van der Waals surface area contributed by atoms with Gasteiger partial charge in [0.25, 0.3) is 5.56 Å². The van der Waals surface area contributed by atoms with Gasteiger partial charge in [0.1, 0.15) is 16.7 Å². The molecule has 5 nitrogen and oxygen atoms in total. The van der Waals surface area contributed by atoms with Crippen molar-refractivity contribution in [3.05, 3.63) is 51.8 Å². The van der Waals surface area contributed by atoms with Crippen LogP contribution in [0.25, 0.3) is 0 Å². The summed E-state index contributed by atoms with van der Waals surface area (Å²) in [5, 5.41) is 9.33. The SMILES string of the molecule is CC(C)c1nc(Sc2ccc(F)c(C(=O)O)c2)cc(=O)[nH]1. The van der Waals surface area contributed by atoms with Crippen molar-refractivity contribution in [2.75, 3.05) is 0 Å². The molecule has 0 radical (unpaired) electrons. The Kier molecular flexibility index (Phi) is 4.42. The van der Waals surface area contributed by atoms with E-state index in [1.807, 2.05) is 13.8 Å². The molecule has 0 bridgehead atoms. The predicted octanol–water partition coefficient (Wildman–Crippen LogP) is 2.88. The van der Waals surface area contributed by atoms with Gasteiger partial charge < -0.3 is 10.1 Å². The molecule has 2 aromatic rings. The highest BCUT2D eigenvalue weighted by molar-refractivity contribution is 7.99. The monoisotopic (exact) mass is 308 g/mol. The van der Waals surface area contributed by atoms with Gasteiger partial charge in [0.2, 0.25) is 0 Å². The quantitative estimate of drug-likeness (QED) is 0.849. The first kappa shape index (κ1) is 15.2. The molecule has 0 unspecified atom stereocenters. The Morgan fingerprint density at radius 3 is 2.71 bits per heavy atom. The summed E-state index contributed by atoms with van der Waals surface area (Å²) < 4.78 is 13.3. The van der Waals surface area contributed by atoms with Crippen LogP contribution in [-0.4, -0.2) is 21.0 Å². The molecular formula is C14H13FN2O3S. The van der Waals surface area contributed by atoms with Crippen LogP contribution in [0, 0.1) is 5.82 Å². The topological polar surface area (TPSA) is 83.0 Å². The average molecular weight is 308 g/mol. The zero-order chi connectivity index (χ0) is 15.6. The van der Waals surface area contributed by atoms with Crippen LogP contribution >= 0.6 is 11.8 Å². The minimum Gasteiger partial charge on any atom is -0.478 e. The molecule has 110 valence electrons. The van der Waals surface area contributed by atoms with Crippen LogP contribution < -0.4 is 5.56 Å². The first-order valence-electron chi connectivity index (χ1n) is 6.19. The van der Waals surface area contributed by atoms with Gasteiger partial charge in [0.15, 0.2) is 0 Å². The van der Waals surface area contributed by atoms with Crippen LogP contribution in [0.15, 0.2) is 39.0 Å². The Hall–Kier alpha value is -2.15. The van der Waals surface area contributed by atoms with Crippen molar-refractivity contribution >= 4 is 17.7 Å². The number of halogens is 1. The van der Waals surface area contributed by atoms with E-state index in [2.05, 4.69) is 9.97 Å². The number of H-pyrrole nitrogens is 1. The number of nitrogens with one attached hydrogen (secondary N) is 1. The minimum atomic E-state index is -1.34. The lowest BCUT2D eigenvalue weighted by molar-refractivity contribution is 0.0691. The Morgan fingerprint density at radius 1 is 1.38 bits per heavy atom. The summed E-state index contributed by atoms with van der Waals surface area (Å²) in [5.41, 5.74) is -0.689. The van der Waals surface area contributed by atoms with Gasteiger partial charge in [-0.25, -0.2) is 14.2 Å². The zero-order valence-electron chi connectivity index (χ0n) is 11.4. The molecule has 1 heterocycles. The third-order valence-corrected chi connectivity index (χ3v) is 3.58. The molecular weight excluding hydrogens is 295 g/mol. The molecule has 0 aliphatic rings. The fourth-order valence-electron chi connectivity index (χ4n) is 1.63. The van der Waals surface area contributed by atoms with Gasteiger partial charge in [-0.05, 0) is 18.2 Å². The second kappa shape index (κ2) is 6.09. The van der Waals surface area contributed by atoms with E-state index in [4.69, 9.17) is 5.11 Å². The Bertz CT molecular complexity index is 743. The Labute approximate surface area is 124 Å². The summed E-state index contributed by atoms with van der Waals surface area (Å²) in [6, 6.07) is 5.08. The molecule has 7 heteroatoms. The van der Waals surface area contributed by atoms with Crippen molar-refractivity contribution in [3.63, 3.8) is 0 Å². The molecule has 0 aliphatic carbocycles. The number of nitrogens with zero attached hydrogens (tertiary/aromatic N) is 1. The largest absolute Gasteiger partial charge is 0.478 e. The van der Waals surface area contributed by atoms with Gasteiger partial charge >= 0.3 is 5.97 Å². The molecule has 0 atom stereocenters. The molecule has 1 aromatic carbocycles. The molecule has 0 fully saturated rings. The highest BCUT2D eigenvalue weighted by atomic mass is 32.2. The van der Waals surface area contributed by atoms with E-state index in [1.165, 1.54) is 18.2 Å². The lowest BCUT2D eigenvalue weighted by atomic mass is 10.2. The molecule has 0 saturated carbocycles. The summed E-state index contributed by atoms with van der Waals surface area (Å²) in [6.45, 7) is 3.79. The fourth-order valence-corrected chi connectivity index (χ4v) is 2.50. The molecule has 1 aromatic heterocycles. The van der Waals surface area contributed by atoms with Gasteiger partial charge in [0, 0.05) is 16.9 Å². The van der Waals surface area contributed by atoms with Crippen molar-refractivity contribution in [1.29, 1.82) is 0 Å². The smallest absolute Gasteiger partial charge is 0.338 e. The molecule has 0 aliphatic heterocycles. The van der Waals surface area contributed by atoms with Crippen LogP contribution in [0.3, 0.4) is 0 Å². The van der Waals surface area contributed by atoms with Crippen molar-refractivity contribution < 1.29 is 14.3 Å². The van der Waals surface area contributed by atoms with Crippen LogP contribution in [0.5, 0.6) is 0 Å². The van der Waals surface area contributed by atoms with Gasteiger partial charge in [-0.15, -0.1) is 0 Å². The minimum absolute atomic E-state index is 0.0565. The van der Waals surface area contributed by atoms with E-state index in [0.29, 0.717) is 15.7 Å². The number of rotatable bonds is 4. The zero-order valence-corrected chi connectivity index (χ0v) is 12.2. The maximum Gasteiger partial charge on any atom is 0.338 e. The number of aromatic carboxylic acids is 1. The van der Waals surface area contributed by atoms with Crippen molar-refractivity contribution in [3.8, 4) is 0 Å². The van der Waals surface area contributed by atoms with E-state index < -0.39 is 17.3 Å². The average Bonchev–Trinajstić information content (AvgIpc) is 2.40. The van der Waals surface area contributed by atoms with Gasteiger partial charge in [-0.2, -0.15) is 0 Å². The summed E-state index contributed by atoms with van der Waals surface area (Å²) in [7, 11) is 0. The Balaban J connectivity index is 2.36. The summed E-state index contributed by atoms with van der Waals surface area (Å²) in [5.74, 6) is -1.53. The summed E-state index contributed by atoms with van der Waals surface area (Å²) >= 11 is 1.11. The van der Waals surface area contributed by atoms with E-state index in [1.54, 1.807) is 0 Å². The van der Waals surface area contributed by atoms with Crippen LogP contribution in [0.1, 0.15) is 35.9 Å². The molecule has 2 rings (SSSR count). The second-order valence-electron chi connectivity index (χ2n) is 4.67. The number of benzene rings is 1. The lowest BCUT2D eigenvalue weighted by Crippen LogP contribution is -2.11. The molecule has 0 saturated heterocycles. The molecule has 0 amide bonds. The first-order chi connectivity index (χ1) is 9.86. The summed E-state index contributed by atoms with van der Waals surface area (Å²) in [4.78, 5) is 29.9. The van der Waals surface area contributed by atoms with E-state index in [0.717, 1.165) is 17.8 Å². The first-order valence-corrected chi connectivity index (χ1v) is 7.00. The number of carboxylic acid groups (broad SMARTS) is 1. The van der Waals surface area contributed by atoms with E-state index in [9.17, 15) is 14.0 Å². The number of aromatic amines is 1. The fraction of sp³-hybridized carbons (Fsp3) is 0.214. The number of carbonyl (C=O) groups is 1. The predicted molar refractivity (Wildman–Crippen MR) is 76.4 cm³/mol. The Morgan fingerprint density at radius 2 is 2.10 bits per heavy atom. The van der Waals surface area contributed by atoms with Gasteiger partial charge in [0.05, 0.1) is 5.56 Å². The van der Waals surface area contributed by atoms with E-state index in [-0.39, 0.29) is 11.5 Å². The standard InChI is InChI=1S/C14H13FN2O3S/c1-7(2)13-16-11(18)6-12(17-13)21-8-3-4-10(15)9(5-8)14(19)20/h3-7H,1-2H3,(H,19,20)(H,16,17,18). The van der Waals surface area contributed by atoms with Crippen LogP contribution in [0.2, 0.25) is 0 Å². The molecule has 0 spiro atoms. The number of carboxylic acids is 1. The van der Waals surface area contributed by atoms with Gasteiger partial charge in [-0.3, -0.25) is 4.79 Å². The van der Waals surface area contributed by atoms with Gasteiger partial charge in [-0.1, -0.05) is 25.6 Å². The third-order valence-electron chi connectivity index (χ3n) is 2.67. The third kappa shape index (κ3) is 3.69. The van der Waals surface area contributed by atoms with Crippen molar-refractivity contribution in [1.82, 2.24) is 9.97 Å². The number of hydrogen-bond donors (Lipinski definition) is 2. The van der Waals surface area contributed by atoms with Crippen LogP contribution in [-0.2, 0) is 0 Å². The summed E-state index contributed by atoms with van der Waals surface area (Å²) in [6.07, 6.45) is 0. The van der Waals surface area contributed by atoms with Crippen LogP contribution in [0.4, 0.5) is 4.39 Å². The van der Waals surface area contributed by atoms with E-state index >= 15 is 0 Å². The van der Waals surface area contributed by atoms with Crippen molar-refractivity contribution in [2.24, 2.45) is 0 Å². The highest BCUT2D eigenvalue weighted by Crippen LogP contribution is 2.27. The number of aromatic nitrogens is 2.